The normalized spacial score (nSPS) is 20.4. The molecule has 7 nitrogen and oxygen atoms in total. The van der Waals surface area contributed by atoms with Gasteiger partial charge >= 0.3 is 6.09 Å². The summed E-state index contributed by atoms with van der Waals surface area (Å²) in [6, 6.07) is 12.9. The van der Waals surface area contributed by atoms with Crippen molar-refractivity contribution in [1.29, 1.82) is 0 Å². The lowest BCUT2D eigenvalue weighted by Gasteiger charge is -2.38. The molecule has 2 aliphatic rings. The van der Waals surface area contributed by atoms with Gasteiger partial charge in [0.05, 0.1) is 11.3 Å². The number of hydrazone groups is 1. The van der Waals surface area contributed by atoms with Gasteiger partial charge in [0, 0.05) is 45.1 Å². The quantitative estimate of drug-likeness (QED) is 0.522. The summed E-state index contributed by atoms with van der Waals surface area (Å²) in [5, 5.41) is 5.98. The third kappa shape index (κ3) is 6.20. The molecule has 0 aliphatic carbocycles. The second-order valence-electron chi connectivity index (χ2n) is 11.0. The van der Waals surface area contributed by atoms with E-state index in [2.05, 4.69) is 10.0 Å². The van der Waals surface area contributed by atoms with Crippen LogP contribution in [-0.4, -0.2) is 70.8 Å². The van der Waals surface area contributed by atoms with Gasteiger partial charge in [0.25, 0.3) is 0 Å². The molecule has 0 radical (unpaired) electrons. The SMILES string of the molecule is CC(=O)N1N=C(c2cc(F)ccc2F)C[C@]1(CCCN1CCN(C(=O)OC(C)(C)C)CC1)c1ccccc1. The van der Waals surface area contributed by atoms with Crippen molar-refractivity contribution in [3.05, 3.63) is 71.3 Å². The average molecular weight is 527 g/mol. The average Bonchev–Trinajstić information content (AvgIpc) is 3.26. The molecule has 0 aromatic heterocycles. The van der Waals surface area contributed by atoms with Crippen LogP contribution in [0.4, 0.5) is 13.6 Å². The van der Waals surface area contributed by atoms with Crippen molar-refractivity contribution in [1.82, 2.24) is 14.8 Å². The van der Waals surface area contributed by atoms with E-state index in [9.17, 15) is 18.4 Å². The Bertz CT molecular complexity index is 1190. The summed E-state index contributed by atoms with van der Waals surface area (Å²) in [5.41, 5.74) is -0.00140. The molecular weight excluding hydrogens is 490 g/mol. The Morgan fingerprint density at radius 2 is 1.71 bits per heavy atom. The van der Waals surface area contributed by atoms with Gasteiger partial charge in [-0.25, -0.2) is 18.6 Å². The fraction of sp³-hybridized carbons (Fsp3) is 0.483. The second kappa shape index (κ2) is 11.2. The Morgan fingerprint density at radius 1 is 1.03 bits per heavy atom. The first-order chi connectivity index (χ1) is 18.0. The summed E-state index contributed by atoms with van der Waals surface area (Å²) in [7, 11) is 0. The van der Waals surface area contributed by atoms with E-state index in [0.29, 0.717) is 25.2 Å². The molecule has 4 rings (SSSR count). The maximum atomic E-state index is 14.7. The minimum absolute atomic E-state index is 0.0762. The molecule has 1 fully saturated rings. The van der Waals surface area contributed by atoms with Gasteiger partial charge in [0.1, 0.15) is 17.2 Å². The van der Waals surface area contributed by atoms with Crippen molar-refractivity contribution >= 4 is 17.7 Å². The first-order valence-corrected chi connectivity index (χ1v) is 13.1. The third-order valence-corrected chi connectivity index (χ3v) is 7.02. The van der Waals surface area contributed by atoms with Crippen molar-refractivity contribution in [2.24, 2.45) is 5.10 Å². The highest BCUT2D eigenvalue weighted by Crippen LogP contribution is 2.43. The molecule has 0 unspecified atom stereocenters. The number of benzene rings is 2. The van der Waals surface area contributed by atoms with E-state index < -0.39 is 22.8 Å². The summed E-state index contributed by atoms with van der Waals surface area (Å²) in [4.78, 5) is 29.2. The first-order valence-electron chi connectivity index (χ1n) is 13.1. The molecule has 9 heteroatoms. The molecule has 0 saturated carbocycles. The van der Waals surface area contributed by atoms with Crippen LogP contribution >= 0.6 is 0 Å². The summed E-state index contributed by atoms with van der Waals surface area (Å²) in [5.74, 6) is -1.38. The second-order valence-corrected chi connectivity index (χ2v) is 11.0. The van der Waals surface area contributed by atoms with Crippen LogP contribution in [-0.2, 0) is 15.1 Å². The maximum Gasteiger partial charge on any atom is 0.410 e. The number of nitrogens with zero attached hydrogens (tertiary/aromatic N) is 4. The summed E-state index contributed by atoms with van der Waals surface area (Å²) in [6.07, 6.45) is 1.33. The predicted molar refractivity (Wildman–Crippen MR) is 142 cm³/mol. The Hall–Kier alpha value is -3.33. The topological polar surface area (TPSA) is 65.5 Å². The zero-order chi connectivity index (χ0) is 27.5. The van der Waals surface area contributed by atoms with E-state index in [1.165, 1.54) is 11.9 Å². The molecule has 2 heterocycles. The zero-order valence-electron chi connectivity index (χ0n) is 22.5. The van der Waals surface area contributed by atoms with Crippen LogP contribution in [0.1, 0.15) is 58.1 Å². The molecule has 2 aromatic carbocycles. The van der Waals surface area contributed by atoms with Gasteiger partial charge in [-0.3, -0.25) is 9.69 Å². The third-order valence-electron chi connectivity index (χ3n) is 7.02. The lowest BCUT2D eigenvalue weighted by molar-refractivity contribution is -0.135. The standard InChI is InChI=1S/C29H36F2N4O3/c1-21(36)35-29(22-9-6-5-7-10-22,20-26(32-35)24-19-23(30)11-12-25(24)31)13-8-14-33-15-17-34(18-16-33)27(37)38-28(2,3)4/h5-7,9-12,19H,8,13-18,20H2,1-4H3/t29-/m1/s1. The molecule has 2 aromatic rings. The number of hydrogen-bond acceptors (Lipinski definition) is 5. The minimum atomic E-state index is -0.806. The molecule has 2 aliphatic heterocycles. The van der Waals surface area contributed by atoms with Gasteiger partial charge in [-0.05, 0) is 63.9 Å². The Labute approximate surface area is 223 Å². The number of ether oxygens (including phenoxy) is 1. The van der Waals surface area contributed by atoms with Gasteiger partial charge < -0.3 is 9.64 Å². The predicted octanol–water partition coefficient (Wildman–Crippen LogP) is 5.15. The molecule has 1 saturated heterocycles. The number of halogens is 2. The van der Waals surface area contributed by atoms with Gasteiger partial charge in [-0.2, -0.15) is 5.10 Å². The van der Waals surface area contributed by atoms with Crippen LogP contribution in [0, 0.1) is 11.6 Å². The summed E-state index contributed by atoms with van der Waals surface area (Å²) >= 11 is 0. The fourth-order valence-electron chi connectivity index (χ4n) is 5.23. The smallest absolute Gasteiger partial charge is 0.410 e. The van der Waals surface area contributed by atoms with Crippen LogP contribution in [0.3, 0.4) is 0 Å². The fourth-order valence-corrected chi connectivity index (χ4v) is 5.23. The van der Waals surface area contributed by atoms with Crippen LogP contribution in [0.15, 0.2) is 53.6 Å². The van der Waals surface area contributed by atoms with E-state index >= 15 is 0 Å². The number of carbonyl (C=O) groups is 2. The Balaban J connectivity index is 1.48. The largest absolute Gasteiger partial charge is 0.444 e. The number of carbonyl (C=O) groups excluding carboxylic acids is 2. The molecule has 0 N–H and O–H groups in total. The highest BCUT2D eigenvalue weighted by molar-refractivity contribution is 6.04. The highest BCUT2D eigenvalue weighted by Gasteiger charge is 2.46. The van der Waals surface area contributed by atoms with Gasteiger partial charge in [-0.15, -0.1) is 0 Å². The summed E-state index contributed by atoms with van der Waals surface area (Å²) in [6.45, 7) is 10.4. The van der Waals surface area contributed by atoms with Crippen LogP contribution in [0.5, 0.6) is 0 Å². The number of rotatable bonds is 6. The van der Waals surface area contributed by atoms with Crippen LogP contribution in [0.25, 0.3) is 0 Å². The molecule has 2 amide bonds. The molecule has 0 spiro atoms. The summed E-state index contributed by atoms with van der Waals surface area (Å²) < 4.78 is 34.2. The van der Waals surface area contributed by atoms with Crippen molar-refractivity contribution in [2.75, 3.05) is 32.7 Å². The van der Waals surface area contributed by atoms with Crippen molar-refractivity contribution in [2.45, 2.75) is 58.1 Å². The molecule has 0 bridgehead atoms. The molecular formula is C29H36F2N4O3. The van der Waals surface area contributed by atoms with Crippen LogP contribution < -0.4 is 0 Å². The molecule has 1 atom stereocenters. The van der Waals surface area contributed by atoms with Gasteiger partial charge in [0.15, 0.2) is 0 Å². The Kier molecular flexibility index (Phi) is 8.16. The van der Waals surface area contributed by atoms with Crippen molar-refractivity contribution < 1.29 is 23.1 Å². The number of amides is 2. The Morgan fingerprint density at radius 3 is 2.34 bits per heavy atom. The maximum absolute atomic E-state index is 14.7. The molecule has 204 valence electrons. The van der Waals surface area contributed by atoms with E-state index in [1.54, 1.807) is 4.90 Å². The van der Waals surface area contributed by atoms with Gasteiger partial charge in [-0.1, -0.05) is 30.3 Å². The van der Waals surface area contributed by atoms with Crippen molar-refractivity contribution in [3.8, 4) is 0 Å². The minimum Gasteiger partial charge on any atom is -0.444 e. The van der Waals surface area contributed by atoms with E-state index in [1.807, 2.05) is 51.1 Å². The van der Waals surface area contributed by atoms with E-state index in [-0.39, 0.29) is 24.0 Å². The monoisotopic (exact) mass is 526 g/mol. The molecule has 38 heavy (non-hydrogen) atoms. The van der Waals surface area contributed by atoms with Crippen molar-refractivity contribution in [3.63, 3.8) is 0 Å². The zero-order valence-corrected chi connectivity index (χ0v) is 22.5. The van der Waals surface area contributed by atoms with Gasteiger partial charge in [0.2, 0.25) is 5.91 Å². The van der Waals surface area contributed by atoms with Crippen LogP contribution in [0.2, 0.25) is 0 Å². The van der Waals surface area contributed by atoms with E-state index in [0.717, 1.165) is 49.8 Å². The lowest BCUT2D eigenvalue weighted by atomic mass is 9.80. The lowest BCUT2D eigenvalue weighted by Crippen LogP contribution is -2.50. The number of hydrogen-bond donors (Lipinski definition) is 0. The number of piperazine rings is 1. The highest BCUT2D eigenvalue weighted by atomic mass is 19.1. The first kappa shape index (κ1) is 27.7. The van der Waals surface area contributed by atoms with E-state index in [4.69, 9.17) is 4.74 Å².